The number of fused-ring (bicyclic) bond motifs is 1. The third kappa shape index (κ3) is 7.45. The highest BCUT2D eigenvalue weighted by molar-refractivity contribution is 5.96. The van der Waals surface area contributed by atoms with E-state index in [1.165, 1.54) is 35.4 Å². The number of carbonyl (C=O) groups is 2. The van der Waals surface area contributed by atoms with Crippen molar-refractivity contribution < 1.29 is 18.9 Å². The fourth-order valence-electron chi connectivity index (χ4n) is 4.47. The summed E-state index contributed by atoms with van der Waals surface area (Å²) < 4.78 is 5.73. The van der Waals surface area contributed by atoms with Gasteiger partial charge >= 0.3 is 0 Å². The molecule has 41 heavy (non-hydrogen) atoms. The van der Waals surface area contributed by atoms with Gasteiger partial charge < -0.3 is 14.2 Å². The van der Waals surface area contributed by atoms with Crippen LogP contribution in [0.1, 0.15) is 47.3 Å². The molecule has 0 aliphatic heterocycles. The molecule has 0 N–H and O–H groups in total. The molecule has 1 aromatic heterocycles. The number of nitro benzene ring substituents is 1. The normalized spacial score (nSPS) is 11.0. The van der Waals surface area contributed by atoms with Gasteiger partial charge in [-0.2, -0.15) is 0 Å². The number of benzene rings is 3. The molecule has 3 aromatic carbocycles. The van der Waals surface area contributed by atoms with Gasteiger partial charge in [0.2, 0.25) is 5.91 Å². The Balaban J connectivity index is 1.63. The number of carbonyl (C=O) groups excluding carboxylic acids is 2. The maximum absolute atomic E-state index is 13.8. The standard InChI is InChI=1S/C32H33N3O6/c1-22(2)15-16-33(32(38)25-10-12-27(13-11-25)35(39)40)20-30(36)34(18-24-7-5-4-6-8-24)19-26-21-41-29-14-9-23(3)17-28(29)31(26)37/h4-14,17,21-22H,15-16,18-20H2,1-3H3. The molecule has 9 heteroatoms. The zero-order valence-corrected chi connectivity index (χ0v) is 23.4. The zero-order valence-electron chi connectivity index (χ0n) is 23.4. The van der Waals surface area contributed by atoms with Crippen LogP contribution in [0.3, 0.4) is 0 Å². The number of aryl methyl sites for hydroxylation is 1. The average Bonchev–Trinajstić information content (AvgIpc) is 2.96. The average molecular weight is 556 g/mol. The number of hydrogen-bond acceptors (Lipinski definition) is 6. The third-order valence-electron chi connectivity index (χ3n) is 6.84. The van der Waals surface area contributed by atoms with Gasteiger partial charge in [0.1, 0.15) is 12.1 Å². The molecule has 0 fully saturated rings. The van der Waals surface area contributed by atoms with Crippen molar-refractivity contribution in [1.29, 1.82) is 0 Å². The molecule has 0 radical (unpaired) electrons. The minimum atomic E-state index is -0.527. The first-order chi connectivity index (χ1) is 19.6. The van der Waals surface area contributed by atoms with Gasteiger partial charge in [0.05, 0.1) is 28.7 Å². The second-order valence-electron chi connectivity index (χ2n) is 10.5. The van der Waals surface area contributed by atoms with E-state index >= 15 is 0 Å². The van der Waals surface area contributed by atoms with Gasteiger partial charge in [0.15, 0.2) is 5.43 Å². The maximum atomic E-state index is 13.8. The molecule has 4 aromatic rings. The van der Waals surface area contributed by atoms with Gasteiger partial charge in [-0.15, -0.1) is 0 Å². The summed E-state index contributed by atoms with van der Waals surface area (Å²) in [4.78, 5) is 54.2. The van der Waals surface area contributed by atoms with Crippen LogP contribution in [-0.2, 0) is 17.9 Å². The van der Waals surface area contributed by atoms with Crippen molar-refractivity contribution in [2.24, 2.45) is 5.92 Å². The molecule has 212 valence electrons. The first-order valence-corrected chi connectivity index (χ1v) is 13.5. The van der Waals surface area contributed by atoms with Crippen molar-refractivity contribution in [2.75, 3.05) is 13.1 Å². The lowest BCUT2D eigenvalue weighted by Gasteiger charge is -2.28. The van der Waals surface area contributed by atoms with Gasteiger partial charge in [-0.05, 0) is 49.1 Å². The molecule has 0 aliphatic carbocycles. The predicted molar refractivity (Wildman–Crippen MR) is 156 cm³/mol. The van der Waals surface area contributed by atoms with Crippen LogP contribution in [0.4, 0.5) is 5.69 Å². The molecule has 0 aliphatic rings. The van der Waals surface area contributed by atoms with Gasteiger partial charge in [-0.25, -0.2) is 0 Å². The molecule has 2 amide bonds. The fraction of sp³-hybridized carbons (Fsp3) is 0.281. The minimum absolute atomic E-state index is 0.00366. The number of amides is 2. The van der Waals surface area contributed by atoms with Gasteiger partial charge in [0, 0.05) is 30.8 Å². The highest BCUT2D eigenvalue weighted by atomic mass is 16.6. The van der Waals surface area contributed by atoms with E-state index in [1.54, 1.807) is 17.0 Å². The first kappa shape index (κ1) is 29.2. The van der Waals surface area contributed by atoms with Crippen molar-refractivity contribution in [3.8, 4) is 0 Å². The molecule has 0 saturated carbocycles. The highest BCUT2D eigenvalue weighted by Gasteiger charge is 2.24. The molecular weight excluding hydrogens is 522 g/mol. The van der Waals surface area contributed by atoms with Crippen LogP contribution >= 0.6 is 0 Å². The van der Waals surface area contributed by atoms with Gasteiger partial charge in [-0.3, -0.25) is 24.5 Å². The Morgan fingerprint density at radius 3 is 2.32 bits per heavy atom. The van der Waals surface area contributed by atoms with Crippen molar-refractivity contribution in [1.82, 2.24) is 9.80 Å². The van der Waals surface area contributed by atoms with E-state index in [4.69, 9.17) is 4.42 Å². The summed E-state index contributed by atoms with van der Waals surface area (Å²) in [5.41, 5.74) is 2.53. The van der Waals surface area contributed by atoms with E-state index < -0.39 is 10.8 Å². The molecule has 0 atom stereocenters. The van der Waals surface area contributed by atoms with E-state index in [0.29, 0.717) is 29.5 Å². The summed E-state index contributed by atoms with van der Waals surface area (Å²) in [5.74, 6) is -0.450. The molecule has 0 spiro atoms. The van der Waals surface area contributed by atoms with Crippen molar-refractivity contribution in [3.63, 3.8) is 0 Å². The Hall–Kier alpha value is -4.79. The van der Waals surface area contributed by atoms with Crippen molar-refractivity contribution in [3.05, 3.63) is 122 Å². The van der Waals surface area contributed by atoms with E-state index in [0.717, 1.165) is 11.1 Å². The SMILES string of the molecule is Cc1ccc2occ(CN(Cc3ccccc3)C(=O)CN(CCC(C)C)C(=O)c3ccc([N+](=O)[O-])cc3)c(=O)c2c1. The van der Waals surface area contributed by atoms with Crippen LogP contribution in [-0.4, -0.2) is 39.6 Å². The largest absolute Gasteiger partial charge is 0.464 e. The molecular formula is C32H33N3O6. The molecule has 0 bridgehead atoms. The van der Waals surface area contributed by atoms with Gasteiger partial charge in [0.25, 0.3) is 11.6 Å². The molecule has 0 saturated heterocycles. The second kappa shape index (κ2) is 13.0. The Morgan fingerprint density at radius 2 is 1.66 bits per heavy atom. The number of nitro groups is 1. The van der Waals surface area contributed by atoms with Crippen LogP contribution in [0.15, 0.2) is 88.3 Å². The number of nitrogens with zero attached hydrogens (tertiary/aromatic N) is 3. The molecule has 1 heterocycles. The zero-order chi connectivity index (χ0) is 29.5. The maximum Gasteiger partial charge on any atom is 0.269 e. The first-order valence-electron chi connectivity index (χ1n) is 13.5. The quantitative estimate of drug-likeness (QED) is 0.173. The van der Waals surface area contributed by atoms with E-state index in [2.05, 4.69) is 0 Å². The lowest BCUT2D eigenvalue weighted by molar-refractivity contribution is -0.384. The lowest BCUT2D eigenvalue weighted by atomic mass is 10.1. The highest BCUT2D eigenvalue weighted by Crippen LogP contribution is 2.18. The number of non-ortho nitro benzene ring substituents is 1. The molecule has 0 unspecified atom stereocenters. The summed E-state index contributed by atoms with van der Waals surface area (Å²) >= 11 is 0. The van der Waals surface area contributed by atoms with Crippen LogP contribution in [0.2, 0.25) is 0 Å². The van der Waals surface area contributed by atoms with Crippen LogP contribution in [0.5, 0.6) is 0 Å². The smallest absolute Gasteiger partial charge is 0.269 e. The summed E-state index contributed by atoms with van der Waals surface area (Å²) in [5, 5.41) is 11.5. The Kier molecular flexibility index (Phi) is 9.29. The number of rotatable bonds is 11. The van der Waals surface area contributed by atoms with E-state index in [-0.39, 0.29) is 48.1 Å². The number of hydrogen-bond donors (Lipinski definition) is 0. The Morgan fingerprint density at radius 1 is 0.951 bits per heavy atom. The third-order valence-corrected chi connectivity index (χ3v) is 6.84. The lowest BCUT2D eigenvalue weighted by Crippen LogP contribution is -2.43. The monoisotopic (exact) mass is 555 g/mol. The van der Waals surface area contributed by atoms with Crippen LogP contribution < -0.4 is 5.43 Å². The van der Waals surface area contributed by atoms with E-state index in [9.17, 15) is 24.5 Å². The van der Waals surface area contributed by atoms with Crippen LogP contribution in [0.25, 0.3) is 11.0 Å². The topological polar surface area (TPSA) is 114 Å². The Labute approximate surface area is 238 Å². The summed E-state index contributed by atoms with van der Waals surface area (Å²) in [6, 6.07) is 20.2. The summed E-state index contributed by atoms with van der Waals surface area (Å²) in [7, 11) is 0. The predicted octanol–water partition coefficient (Wildman–Crippen LogP) is 5.73. The van der Waals surface area contributed by atoms with E-state index in [1.807, 2.05) is 57.2 Å². The van der Waals surface area contributed by atoms with Gasteiger partial charge in [-0.1, -0.05) is 55.8 Å². The van der Waals surface area contributed by atoms with Crippen molar-refractivity contribution >= 4 is 28.5 Å². The van der Waals surface area contributed by atoms with Crippen LogP contribution in [0, 0.1) is 23.0 Å². The Bertz CT molecular complexity index is 1600. The van der Waals surface area contributed by atoms with Crippen molar-refractivity contribution in [2.45, 2.75) is 40.3 Å². The summed E-state index contributed by atoms with van der Waals surface area (Å²) in [6.45, 7) is 6.30. The molecule has 4 rings (SSSR count). The second-order valence-corrected chi connectivity index (χ2v) is 10.5. The molecule has 9 nitrogen and oxygen atoms in total. The fourth-order valence-corrected chi connectivity index (χ4v) is 4.47. The minimum Gasteiger partial charge on any atom is -0.464 e. The summed E-state index contributed by atoms with van der Waals surface area (Å²) in [6.07, 6.45) is 2.06.